The van der Waals surface area contributed by atoms with Crippen LogP contribution in [0.15, 0.2) is 53.9 Å². The molecule has 0 unspecified atom stereocenters. The average molecular weight is 395 g/mol. The number of nitrogens with one attached hydrogen (secondary N) is 2. The molecule has 0 saturated carbocycles. The van der Waals surface area contributed by atoms with Crippen LogP contribution in [0.25, 0.3) is 11.3 Å². The van der Waals surface area contributed by atoms with E-state index in [0.29, 0.717) is 23.1 Å². The minimum absolute atomic E-state index is 0.133. The van der Waals surface area contributed by atoms with Crippen molar-refractivity contribution in [1.82, 2.24) is 10.3 Å². The van der Waals surface area contributed by atoms with Gasteiger partial charge in [0, 0.05) is 16.5 Å². The summed E-state index contributed by atoms with van der Waals surface area (Å²) < 4.78 is 5.34. The topological polar surface area (TPSA) is 80.3 Å². The SMILES string of the molecule is CCOc1ccc(C(=O)NCC(=O)Nc2nc(-c3ccc(C)cc3)cs2)cc1. The Morgan fingerprint density at radius 2 is 1.79 bits per heavy atom. The van der Waals surface area contributed by atoms with Gasteiger partial charge >= 0.3 is 0 Å². The van der Waals surface area contributed by atoms with E-state index < -0.39 is 0 Å². The molecule has 0 saturated heterocycles. The van der Waals surface area contributed by atoms with Crippen molar-refractivity contribution in [2.75, 3.05) is 18.5 Å². The predicted octanol–water partition coefficient (Wildman–Crippen LogP) is 3.89. The van der Waals surface area contributed by atoms with E-state index in [2.05, 4.69) is 15.6 Å². The monoisotopic (exact) mass is 395 g/mol. The summed E-state index contributed by atoms with van der Waals surface area (Å²) in [5, 5.41) is 7.69. The number of benzene rings is 2. The van der Waals surface area contributed by atoms with Gasteiger partial charge in [0.15, 0.2) is 5.13 Å². The van der Waals surface area contributed by atoms with Crippen LogP contribution in [0.5, 0.6) is 5.75 Å². The first-order valence-corrected chi connectivity index (χ1v) is 9.76. The molecule has 28 heavy (non-hydrogen) atoms. The van der Waals surface area contributed by atoms with Gasteiger partial charge in [0.05, 0.1) is 18.8 Å². The van der Waals surface area contributed by atoms with Crippen molar-refractivity contribution in [3.05, 3.63) is 65.0 Å². The Labute approximate surface area is 167 Å². The van der Waals surface area contributed by atoms with Gasteiger partial charge in [-0.25, -0.2) is 4.98 Å². The highest BCUT2D eigenvalue weighted by molar-refractivity contribution is 7.14. The molecule has 3 aromatic rings. The molecule has 7 heteroatoms. The van der Waals surface area contributed by atoms with Gasteiger partial charge in [0.2, 0.25) is 5.91 Å². The summed E-state index contributed by atoms with van der Waals surface area (Å²) in [5.41, 5.74) is 3.44. The maximum absolute atomic E-state index is 12.1. The van der Waals surface area contributed by atoms with Gasteiger partial charge in [-0.3, -0.25) is 9.59 Å². The molecule has 6 nitrogen and oxygen atoms in total. The number of thiazole rings is 1. The molecule has 0 aliphatic heterocycles. The van der Waals surface area contributed by atoms with Crippen molar-refractivity contribution < 1.29 is 14.3 Å². The van der Waals surface area contributed by atoms with Gasteiger partial charge in [-0.15, -0.1) is 11.3 Å². The number of anilines is 1. The highest BCUT2D eigenvalue weighted by Gasteiger charge is 2.11. The van der Waals surface area contributed by atoms with Crippen LogP contribution in [-0.4, -0.2) is 29.9 Å². The Hall–Kier alpha value is -3.19. The lowest BCUT2D eigenvalue weighted by Gasteiger charge is -2.06. The summed E-state index contributed by atoms with van der Waals surface area (Å²) in [6, 6.07) is 14.8. The molecule has 2 amide bonds. The number of aromatic nitrogens is 1. The van der Waals surface area contributed by atoms with Crippen molar-refractivity contribution in [3.63, 3.8) is 0 Å². The number of amides is 2. The third kappa shape index (κ3) is 5.17. The zero-order valence-electron chi connectivity index (χ0n) is 15.7. The van der Waals surface area contributed by atoms with Crippen LogP contribution in [0.2, 0.25) is 0 Å². The average Bonchev–Trinajstić information content (AvgIpc) is 3.16. The summed E-state index contributed by atoms with van der Waals surface area (Å²) in [5.74, 6) is 0.0479. The van der Waals surface area contributed by atoms with Gasteiger partial charge in [0.25, 0.3) is 5.91 Å². The van der Waals surface area contributed by atoms with Crippen molar-refractivity contribution in [2.24, 2.45) is 0 Å². The molecule has 1 heterocycles. The van der Waals surface area contributed by atoms with Crippen LogP contribution in [0.3, 0.4) is 0 Å². The van der Waals surface area contributed by atoms with Crippen LogP contribution < -0.4 is 15.4 Å². The van der Waals surface area contributed by atoms with E-state index in [1.54, 1.807) is 24.3 Å². The van der Waals surface area contributed by atoms with Crippen molar-refractivity contribution in [3.8, 4) is 17.0 Å². The van der Waals surface area contributed by atoms with E-state index in [1.165, 1.54) is 16.9 Å². The van der Waals surface area contributed by atoms with Crippen LogP contribution in [-0.2, 0) is 4.79 Å². The van der Waals surface area contributed by atoms with Gasteiger partial charge < -0.3 is 15.4 Å². The molecule has 1 aromatic heterocycles. The predicted molar refractivity (Wildman–Crippen MR) is 111 cm³/mol. The third-order valence-electron chi connectivity index (χ3n) is 3.93. The molecular weight excluding hydrogens is 374 g/mol. The Balaban J connectivity index is 1.51. The highest BCUT2D eigenvalue weighted by Crippen LogP contribution is 2.25. The quantitative estimate of drug-likeness (QED) is 0.636. The largest absolute Gasteiger partial charge is 0.494 e. The van der Waals surface area contributed by atoms with Gasteiger partial charge in [-0.2, -0.15) is 0 Å². The minimum atomic E-state index is -0.330. The fourth-order valence-corrected chi connectivity index (χ4v) is 3.22. The van der Waals surface area contributed by atoms with Gasteiger partial charge in [0.1, 0.15) is 5.75 Å². The van der Waals surface area contributed by atoms with E-state index in [-0.39, 0.29) is 18.4 Å². The number of ether oxygens (including phenoxy) is 1. The lowest BCUT2D eigenvalue weighted by atomic mass is 10.1. The lowest BCUT2D eigenvalue weighted by molar-refractivity contribution is -0.115. The zero-order chi connectivity index (χ0) is 19.9. The summed E-state index contributed by atoms with van der Waals surface area (Å²) >= 11 is 1.34. The van der Waals surface area contributed by atoms with E-state index in [0.717, 1.165) is 11.3 Å². The normalized spacial score (nSPS) is 10.4. The molecule has 0 aliphatic rings. The smallest absolute Gasteiger partial charge is 0.251 e. The van der Waals surface area contributed by atoms with E-state index >= 15 is 0 Å². The van der Waals surface area contributed by atoms with Crippen LogP contribution in [0.1, 0.15) is 22.8 Å². The maximum atomic E-state index is 12.1. The molecular formula is C21H21N3O3S. The summed E-state index contributed by atoms with van der Waals surface area (Å²) in [4.78, 5) is 28.7. The summed E-state index contributed by atoms with van der Waals surface area (Å²) in [7, 11) is 0. The molecule has 0 fully saturated rings. The fraction of sp³-hybridized carbons (Fsp3) is 0.190. The molecule has 2 aromatic carbocycles. The number of aryl methyl sites for hydroxylation is 1. The van der Waals surface area contributed by atoms with Crippen LogP contribution in [0.4, 0.5) is 5.13 Å². The second kappa shape index (κ2) is 9.14. The van der Waals surface area contributed by atoms with Gasteiger partial charge in [-0.1, -0.05) is 29.8 Å². The lowest BCUT2D eigenvalue weighted by Crippen LogP contribution is -2.32. The molecule has 0 radical (unpaired) electrons. The van der Waals surface area contributed by atoms with Gasteiger partial charge in [-0.05, 0) is 38.1 Å². The standard InChI is InChI=1S/C21H21N3O3S/c1-3-27-17-10-8-16(9-11-17)20(26)22-12-19(25)24-21-23-18(13-28-21)15-6-4-14(2)5-7-15/h4-11,13H,3,12H2,1-2H3,(H,22,26)(H,23,24,25). The maximum Gasteiger partial charge on any atom is 0.251 e. The summed E-state index contributed by atoms with van der Waals surface area (Å²) in [6.45, 7) is 4.35. The number of carbonyl (C=O) groups excluding carboxylic acids is 2. The van der Waals surface area contributed by atoms with E-state index in [1.807, 2.05) is 43.5 Å². The van der Waals surface area contributed by atoms with Crippen molar-refractivity contribution in [2.45, 2.75) is 13.8 Å². The number of carbonyl (C=O) groups is 2. The number of hydrogen-bond donors (Lipinski definition) is 2. The molecule has 0 spiro atoms. The first kappa shape index (κ1) is 19.6. The van der Waals surface area contributed by atoms with E-state index in [4.69, 9.17) is 4.74 Å². The van der Waals surface area contributed by atoms with Crippen LogP contribution in [0, 0.1) is 6.92 Å². The fourth-order valence-electron chi connectivity index (χ4n) is 2.48. The number of nitrogens with zero attached hydrogens (tertiary/aromatic N) is 1. The Kier molecular flexibility index (Phi) is 6.39. The second-order valence-corrected chi connectivity index (χ2v) is 6.95. The molecule has 3 rings (SSSR count). The van der Waals surface area contributed by atoms with Crippen LogP contribution >= 0.6 is 11.3 Å². The van der Waals surface area contributed by atoms with Crippen molar-refractivity contribution in [1.29, 1.82) is 0 Å². The molecule has 2 N–H and O–H groups in total. The highest BCUT2D eigenvalue weighted by atomic mass is 32.1. The Bertz CT molecular complexity index is 950. The minimum Gasteiger partial charge on any atom is -0.494 e. The van der Waals surface area contributed by atoms with Crippen molar-refractivity contribution >= 4 is 28.3 Å². The summed E-state index contributed by atoms with van der Waals surface area (Å²) in [6.07, 6.45) is 0. The molecule has 0 bridgehead atoms. The Morgan fingerprint density at radius 3 is 2.46 bits per heavy atom. The second-order valence-electron chi connectivity index (χ2n) is 6.09. The zero-order valence-corrected chi connectivity index (χ0v) is 16.5. The molecule has 144 valence electrons. The first-order valence-electron chi connectivity index (χ1n) is 8.88. The number of hydrogen-bond acceptors (Lipinski definition) is 5. The Morgan fingerprint density at radius 1 is 1.07 bits per heavy atom. The van der Waals surface area contributed by atoms with E-state index in [9.17, 15) is 9.59 Å². The molecule has 0 atom stereocenters. The first-order chi connectivity index (χ1) is 13.5. The third-order valence-corrected chi connectivity index (χ3v) is 4.69. The number of rotatable bonds is 7. The molecule has 0 aliphatic carbocycles.